The summed E-state index contributed by atoms with van der Waals surface area (Å²) in [6, 6.07) is 13.5. The lowest BCUT2D eigenvalue weighted by Gasteiger charge is -2.15. The van der Waals surface area contributed by atoms with Crippen LogP contribution in [0.5, 0.6) is 11.5 Å². The molecule has 136 valence electrons. The summed E-state index contributed by atoms with van der Waals surface area (Å²) in [7, 11) is 0. The quantitative estimate of drug-likeness (QED) is 0.293. The molecule has 25 heavy (non-hydrogen) atoms. The predicted molar refractivity (Wildman–Crippen MR) is 95.0 cm³/mol. The monoisotopic (exact) mass is 348 g/mol. The fourth-order valence-electron chi connectivity index (χ4n) is 2.00. The maximum Gasteiger partial charge on any atom is 0.199 e. The van der Waals surface area contributed by atoms with Crippen LogP contribution in [-0.2, 0) is 4.74 Å². The van der Waals surface area contributed by atoms with Gasteiger partial charge in [-0.05, 0) is 48.5 Å². The van der Waals surface area contributed by atoms with Gasteiger partial charge in [0.2, 0.25) is 0 Å². The fourth-order valence-corrected chi connectivity index (χ4v) is 2.00. The fraction of sp³-hybridized carbons (Fsp3) is 0.333. The van der Waals surface area contributed by atoms with Gasteiger partial charge in [0.15, 0.2) is 12.6 Å². The molecule has 2 rings (SSSR count). The van der Waals surface area contributed by atoms with Gasteiger partial charge in [0.1, 0.15) is 11.5 Å². The molecule has 0 aliphatic heterocycles. The van der Waals surface area contributed by atoms with Crippen molar-refractivity contribution in [2.75, 3.05) is 24.7 Å². The molecule has 0 aliphatic rings. The lowest BCUT2D eigenvalue weighted by molar-refractivity contribution is -0.0587. The highest BCUT2D eigenvalue weighted by molar-refractivity contribution is 5.42. The van der Waals surface area contributed by atoms with Gasteiger partial charge in [0.25, 0.3) is 0 Å². The van der Waals surface area contributed by atoms with E-state index in [1.54, 1.807) is 48.5 Å². The number of nitrogen functional groups attached to an aromatic ring is 2. The number of benzene rings is 2. The van der Waals surface area contributed by atoms with Crippen molar-refractivity contribution in [2.45, 2.75) is 25.4 Å². The molecule has 0 aliphatic carbocycles. The van der Waals surface area contributed by atoms with E-state index in [0.29, 0.717) is 48.9 Å². The lowest BCUT2D eigenvalue weighted by Crippen LogP contribution is -2.20. The molecule has 2 atom stereocenters. The largest absolute Gasteiger partial charge is 0.465 e. The Morgan fingerprint density at radius 2 is 1.04 bits per heavy atom. The Labute approximate surface area is 146 Å². The number of rotatable bonds is 10. The van der Waals surface area contributed by atoms with Crippen molar-refractivity contribution in [2.24, 2.45) is 0 Å². The molecule has 0 heterocycles. The Hall–Kier alpha value is -2.48. The Morgan fingerprint density at radius 3 is 1.40 bits per heavy atom. The first kappa shape index (κ1) is 18.9. The van der Waals surface area contributed by atoms with Crippen molar-refractivity contribution in [1.29, 1.82) is 0 Å². The van der Waals surface area contributed by atoms with Crippen LogP contribution in [0.1, 0.15) is 12.8 Å². The highest BCUT2D eigenvalue weighted by Gasteiger charge is 2.08. The number of aliphatic hydroxyl groups is 2. The van der Waals surface area contributed by atoms with Crippen molar-refractivity contribution < 1.29 is 24.4 Å². The SMILES string of the molecule is Nc1ccc(OC(O)CCOCCC(O)Oc2ccc(N)cc2)cc1. The second kappa shape index (κ2) is 9.73. The van der Waals surface area contributed by atoms with Crippen LogP contribution in [0.2, 0.25) is 0 Å². The van der Waals surface area contributed by atoms with E-state index in [0.717, 1.165) is 0 Å². The smallest absolute Gasteiger partial charge is 0.199 e. The average Bonchev–Trinajstić information content (AvgIpc) is 2.59. The van der Waals surface area contributed by atoms with Gasteiger partial charge < -0.3 is 35.9 Å². The highest BCUT2D eigenvalue weighted by Crippen LogP contribution is 2.16. The number of ether oxygens (including phenoxy) is 3. The number of hydrogen-bond acceptors (Lipinski definition) is 7. The molecule has 0 aromatic heterocycles. The van der Waals surface area contributed by atoms with Crippen LogP contribution < -0.4 is 20.9 Å². The van der Waals surface area contributed by atoms with Crippen molar-refractivity contribution in [1.82, 2.24) is 0 Å². The summed E-state index contributed by atoms with van der Waals surface area (Å²) in [6.45, 7) is 0.593. The van der Waals surface area contributed by atoms with Crippen LogP contribution in [0.3, 0.4) is 0 Å². The molecule has 2 aromatic carbocycles. The maximum absolute atomic E-state index is 9.78. The minimum atomic E-state index is -0.973. The molecule has 2 aromatic rings. The second-order valence-electron chi connectivity index (χ2n) is 5.47. The zero-order chi connectivity index (χ0) is 18.1. The molecular weight excluding hydrogens is 324 g/mol. The van der Waals surface area contributed by atoms with Gasteiger partial charge in [-0.15, -0.1) is 0 Å². The molecule has 2 unspecified atom stereocenters. The first-order valence-corrected chi connectivity index (χ1v) is 8.01. The van der Waals surface area contributed by atoms with Gasteiger partial charge in [-0.25, -0.2) is 0 Å². The van der Waals surface area contributed by atoms with Gasteiger partial charge in [0.05, 0.1) is 13.2 Å². The Balaban J connectivity index is 1.56. The summed E-state index contributed by atoms with van der Waals surface area (Å²) in [4.78, 5) is 0. The van der Waals surface area contributed by atoms with Crippen LogP contribution >= 0.6 is 0 Å². The van der Waals surface area contributed by atoms with Crippen molar-refractivity contribution in [3.63, 3.8) is 0 Å². The summed E-state index contributed by atoms with van der Waals surface area (Å²) in [5.41, 5.74) is 12.4. The maximum atomic E-state index is 9.78. The number of nitrogens with two attached hydrogens (primary N) is 2. The third-order valence-electron chi connectivity index (χ3n) is 3.32. The first-order valence-electron chi connectivity index (χ1n) is 8.01. The number of anilines is 2. The Bertz CT molecular complexity index is 563. The van der Waals surface area contributed by atoms with Gasteiger partial charge in [0, 0.05) is 24.2 Å². The van der Waals surface area contributed by atoms with Gasteiger partial charge in [-0.2, -0.15) is 0 Å². The summed E-state index contributed by atoms with van der Waals surface area (Å²) in [6.07, 6.45) is -1.34. The molecule has 0 fully saturated rings. The van der Waals surface area contributed by atoms with Crippen LogP contribution in [0.4, 0.5) is 11.4 Å². The summed E-state index contributed by atoms with van der Waals surface area (Å²) in [5.74, 6) is 1.07. The highest BCUT2D eigenvalue weighted by atomic mass is 16.6. The predicted octanol–water partition coefficient (Wildman–Crippen LogP) is 1.74. The third-order valence-corrected chi connectivity index (χ3v) is 3.32. The van der Waals surface area contributed by atoms with Gasteiger partial charge >= 0.3 is 0 Å². The molecule has 0 spiro atoms. The lowest BCUT2D eigenvalue weighted by atomic mass is 10.3. The standard InChI is InChI=1S/C18H24N2O5/c19-13-1-5-15(6-2-13)24-17(21)9-11-23-12-10-18(22)25-16-7-3-14(20)4-8-16/h1-8,17-18,21-22H,9-12,19-20H2. The summed E-state index contributed by atoms with van der Waals surface area (Å²) < 4.78 is 16.0. The third kappa shape index (κ3) is 7.30. The van der Waals surface area contributed by atoms with Crippen LogP contribution in [-0.4, -0.2) is 36.0 Å². The van der Waals surface area contributed by atoms with Crippen molar-refractivity contribution >= 4 is 11.4 Å². The molecule has 0 radical (unpaired) electrons. The molecule has 6 N–H and O–H groups in total. The molecular formula is C18H24N2O5. The molecule has 0 saturated carbocycles. The van der Waals surface area contributed by atoms with E-state index in [1.807, 2.05) is 0 Å². The van der Waals surface area contributed by atoms with E-state index in [-0.39, 0.29) is 0 Å². The topological polar surface area (TPSA) is 120 Å². The van der Waals surface area contributed by atoms with Crippen molar-refractivity contribution in [3.05, 3.63) is 48.5 Å². The Morgan fingerprint density at radius 1 is 0.680 bits per heavy atom. The summed E-state index contributed by atoms with van der Waals surface area (Å²) in [5, 5.41) is 19.6. The zero-order valence-corrected chi connectivity index (χ0v) is 13.9. The van der Waals surface area contributed by atoms with Crippen LogP contribution in [0, 0.1) is 0 Å². The molecule has 0 saturated heterocycles. The van der Waals surface area contributed by atoms with E-state index in [2.05, 4.69) is 0 Å². The van der Waals surface area contributed by atoms with E-state index < -0.39 is 12.6 Å². The van der Waals surface area contributed by atoms with Gasteiger partial charge in [-0.3, -0.25) is 0 Å². The average molecular weight is 348 g/mol. The van der Waals surface area contributed by atoms with E-state index in [9.17, 15) is 10.2 Å². The van der Waals surface area contributed by atoms with Crippen LogP contribution in [0.25, 0.3) is 0 Å². The molecule has 7 nitrogen and oxygen atoms in total. The minimum Gasteiger partial charge on any atom is -0.465 e. The second-order valence-corrected chi connectivity index (χ2v) is 5.47. The zero-order valence-electron chi connectivity index (χ0n) is 13.9. The normalized spacial score (nSPS) is 13.2. The first-order chi connectivity index (χ1) is 12.0. The number of hydrogen-bond donors (Lipinski definition) is 4. The molecule has 7 heteroatoms. The van der Waals surface area contributed by atoms with Crippen LogP contribution in [0.15, 0.2) is 48.5 Å². The number of aliphatic hydroxyl groups excluding tert-OH is 2. The van der Waals surface area contributed by atoms with Gasteiger partial charge in [-0.1, -0.05) is 0 Å². The Kier molecular flexibility index (Phi) is 7.34. The van der Waals surface area contributed by atoms with E-state index in [1.165, 1.54) is 0 Å². The van der Waals surface area contributed by atoms with E-state index >= 15 is 0 Å². The van der Waals surface area contributed by atoms with E-state index in [4.69, 9.17) is 25.7 Å². The molecule has 0 amide bonds. The minimum absolute atomic E-state index is 0.296. The van der Waals surface area contributed by atoms with Crippen molar-refractivity contribution in [3.8, 4) is 11.5 Å². The molecule has 0 bridgehead atoms. The summed E-state index contributed by atoms with van der Waals surface area (Å²) >= 11 is 0.